The van der Waals surface area contributed by atoms with Gasteiger partial charge >= 0.3 is 12.0 Å². The third-order valence-electron chi connectivity index (χ3n) is 4.43. The largest absolute Gasteiger partial charge is 0.481 e. The Morgan fingerprint density at radius 1 is 1.20 bits per heavy atom. The van der Waals surface area contributed by atoms with Crippen LogP contribution in [0.25, 0.3) is 0 Å². The highest BCUT2D eigenvalue weighted by atomic mass is 16.5. The second-order valence-corrected chi connectivity index (χ2v) is 5.94. The topological polar surface area (TPSA) is 87.7 Å². The lowest BCUT2D eigenvalue weighted by Gasteiger charge is -2.33. The zero-order valence-electron chi connectivity index (χ0n) is 11.8. The third-order valence-corrected chi connectivity index (χ3v) is 4.43. The SMILES string of the molecule is O=C(NCC1CCOC1)NCC1(C(=O)O)CCCCC1. The molecule has 2 fully saturated rings. The molecular weight excluding hydrogens is 260 g/mol. The molecule has 1 unspecified atom stereocenters. The summed E-state index contributed by atoms with van der Waals surface area (Å²) in [4.78, 5) is 23.2. The van der Waals surface area contributed by atoms with Crippen LogP contribution in [0.2, 0.25) is 0 Å². The van der Waals surface area contributed by atoms with Crippen LogP contribution >= 0.6 is 0 Å². The molecule has 2 rings (SSSR count). The van der Waals surface area contributed by atoms with Crippen molar-refractivity contribution in [2.45, 2.75) is 38.5 Å². The van der Waals surface area contributed by atoms with Crippen LogP contribution in [0.3, 0.4) is 0 Å². The van der Waals surface area contributed by atoms with Gasteiger partial charge in [0.05, 0.1) is 12.0 Å². The van der Waals surface area contributed by atoms with Crippen molar-refractivity contribution in [1.29, 1.82) is 0 Å². The number of ether oxygens (including phenoxy) is 1. The number of carboxylic acids is 1. The smallest absolute Gasteiger partial charge is 0.314 e. The lowest BCUT2D eigenvalue weighted by Crippen LogP contribution is -2.47. The summed E-state index contributed by atoms with van der Waals surface area (Å²) in [6.45, 7) is 2.26. The van der Waals surface area contributed by atoms with E-state index in [-0.39, 0.29) is 12.6 Å². The normalized spacial score (nSPS) is 25.1. The van der Waals surface area contributed by atoms with Crippen LogP contribution in [0.15, 0.2) is 0 Å². The summed E-state index contributed by atoms with van der Waals surface area (Å²) in [5, 5.41) is 14.9. The molecule has 1 saturated carbocycles. The quantitative estimate of drug-likeness (QED) is 0.711. The number of carboxylic acid groups (broad SMARTS) is 1. The first kappa shape index (κ1) is 15.1. The standard InChI is InChI=1S/C14H24N2O4/c17-12(18)14(5-2-1-3-6-14)10-16-13(19)15-8-11-4-7-20-9-11/h11H,1-10H2,(H,17,18)(H2,15,16,19). The summed E-state index contributed by atoms with van der Waals surface area (Å²) in [6, 6.07) is -0.275. The van der Waals surface area contributed by atoms with Gasteiger partial charge in [0.15, 0.2) is 0 Å². The molecule has 0 bridgehead atoms. The van der Waals surface area contributed by atoms with Crippen molar-refractivity contribution in [2.24, 2.45) is 11.3 Å². The Kier molecular flexibility index (Phi) is 5.23. The second-order valence-electron chi connectivity index (χ2n) is 5.94. The van der Waals surface area contributed by atoms with Crippen molar-refractivity contribution in [3.63, 3.8) is 0 Å². The zero-order chi connectivity index (χ0) is 14.4. The van der Waals surface area contributed by atoms with Gasteiger partial charge in [0.2, 0.25) is 0 Å². The predicted molar refractivity (Wildman–Crippen MR) is 73.5 cm³/mol. The molecule has 6 nitrogen and oxygen atoms in total. The van der Waals surface area contributed by atoms with E-state index < -0.39 is 11.4 Å². The summed E-state index contributed by atoms with van der Waals surface area (Å²) in [5.74, 6) is -0.412. The minimum absolute atomic E-state index is 0.218. The molecular formula is C14H24N2O4. The van der Waals surface area contributed by atoms with Crippen molar-refractivity contribution in [1.82, 2.24) is 10.6 Å². The summed E-state index contributed by atoms with van der Waals surface area (Å²) in [6.07, 6.45) is 5.21. The average Bonchev–Trinajstić information content (AvgIpc) is 2.97. The Balaban J connectivity index is 1.74. The molecule has 0 aromatic rings. The van der Waals surface area contributed by atoms with E-state index in [1.165, 1.54) is 0 Å². The Hall–Kier alpha value is -1.30. The van der Waals surface area contributed by atoms with Crippen molar-refractivity contribution in [3.05, 3.63) is 0 Å². The van der Waals surface area contributed by atoms with Gasteiger partial charge < -0.3 is 20.5 Å². The van der Waals surface area contributed by atoms with E-state index in [0.29, 0.717) is 31.9 Å². The van der Waals surface area contributed by atoms with Gasteiger partial charge in [-0.05, 0) is 19.3 Å². The molecule has 0 spiro atoms. The minimum Gasteiger partial charge on any atom is -0.481 e. The summed E-state index contributed by atoms with van der Waals surface area (Å²) < 4.78 is 5.24. The third kappa shape index (κ3) is 3.85. The number of amides is 2. The van der Waals surface area contributed by atoms with Crippen LogP contribution < -0.4 is 10.6 Å². The van der Waals surface area contributed by atoms with Gasteiger partial charge in [-0.25, -0.2) is 4.79 Å². The highest BCUT2D eigenvalue weighted by molar-refractivity contribution is 5.78. The number of urea groups is 1. The first-order valence-corrected chi connectivity index (χ1v) is 7.45. The number of hydrogen-bond acceptors (Lipinski definition) is 3. The maximum absolute atomic E-state index is 11.8. The second kappa shape index (κ2) is 6.92. The molecule has 1 saturated heterocycles. The summed E-state index contributed by atoms with van der Waals surface area (Å²) >= 11 is 0. The van der Waals surface area contributed by atoms with Crippen LogP contribution in [0.4, 0.5) is 4.79 Å². The van der Waals surface area contributed by atoms with Crippen LogP contribution in [0.5, 0.6) is 0 Å². The van der Waals surface area contributed by atoms with Crippen molar-refractivity contribution >= 4 is 12.0 Å². The predicted octanol–water partition coefficient (Wildman–Crippen LogP) is 1.36. The van der Waals surface area contributed by atoms with Gasteiger partial charge in [0.25, 0.3) is 0 Å². The monoisotopic (exact) mass is 284 g/mol. The van der Waals surface area contributed by atoms with Crippen molar-refractivity contribution < 1.29 is 19.4 Å². The van der Waals surface area contributed by atoms with Crippen LogP contribution in [-0.4, -0.2) is 43.4 Å². The highest BCUT2D eigenvalue weighted by Crippen LogP contribution is 2.35. The molecule has 0 radical (unpaired) electrons. The molecule has 2 amide bonds. The van der Waals surface area contributed by atoms with Crippen LogP contribution in [-0.2, 0) is 9.53 Å². The van der Waals surface area contributed by atoms with E-state index >= 15 is 0 Å². The molecule has 0 aromatic heterocycles. The summed E-state index contributed by atoms with van der Waals surface area (Å²) in [7, 11) is 0. The van der Waals surface area contributed by atoms with Gasteiger partial charge in [0.1, 0.15) is 0 Å². The van der Waals surface area contributed by atoms with Gasteiger partial charge in [-0.2, -0.15) is 0 Å². The zero-order valence-corrected chi connectivity index (χ0v) is 11.8. The Labute approximate surface area is 119 Å². The van der Waals surface area contributed by atoms with Gasteiger partial charge in [-0.15, -0.1) is 0 Å². The lowest BCUT2D eigenvalue weighted by molar-refractivity contribution is -0.150. The fourth-order valence-corrected chi connectivity index (χ4v) is 2.99. The average molecular weight is 284 g/mol. The number of carbonyl (C=O) groups excluding carboxylic acids is 1. The molecule has 1 aliphatic heterocycles. The maximum Gasteiger partial charge on any atom is 0.314 e. The molecule has 114 valence electrons. The Bertz CT molecular complexity index is 347. The van der Waals surface area contributed by atoms with Crippen LogP contribution in [0, 0.1) is 11.3 Å². The van der Waals surface area contributed by atoms with E-state index in [0.717, 1.165) is 32.3 Å². The van der Waals surface area contributed by atoms with E-state index in [2.05, 4.69) is 10.6 Å². The number of hydrogen-bond donors (Lipinski definition) is 3. The van der Waals surface area contributed by atoms with E-state index in [9.17, 15) is 14.7 Å². The highest BCUT2D eigenvalue weighted by Gasteiger charge is 2.39. The fraction of sp³-hybridized carbons (Fsp3) is 0.857. The van der Waals surface area contributed by atoms with E-state index in [4.69, 9.17) is 4.74 Å². The molecule has 1 aliphatic carbocycles. The molecule has 3 N–H and O–H groups in total. The van der Waals surface area contributed by atoms with Crippen molar-refractivity contribution in [2.75, 3.05) is 26.3 Å². The van der Waals surface area contributed by atoms with Gasteiger partial charge in [-0.3, -0.25) is 4.79 Å². The molecule has 2 aliphatic rings. The van der Waals surface area contributed by atoms with Gasteiger partial charge in [-0.1, -0.05) is 19.3 Å². The minimum atomic E-state index is -0.790. The Morgan fingerprint density at radius 3 is 2.55 bits per heavy atom. The summed E-state index contributed by atoms with van der Waals surface area (Å²) in [5.41, 5.74) is -0.772. The lowest BCUT2D eigenvalue weighted by atomic mass is 9.74. The molecule has 1 heterocycles. The first-order valence-electron chi connectivity index (χ1n) is 7.45. The van der Waals surface area contributed by atoms with Gasteiger partial charge in [0, 0.05) is 25.6 Å². The van der Waals surface area contributed by atoms with Crippen molar-refractivity contribution in [3.8, 4) is 0 Å². The Morgan fingerprint density at radius 2 is 1.95 bits per heavy atom. The number of aliphatic carboxylic acids is 1. The number of rotatable bonds is 5. The molecule has 1 atom stereocenters. The molecule has 0 aromatic carbocycles. The fourth-order valence-electron chi connectivity index (χ4n) is 2.99. The molecule has 20 heavy (non-hydrogen) atoms. The number of nitrogens with one attached hydrogen (secondary N) is 2. The maximum atomic E-state index is 11.8. The number of carbonyl (C=O) groups is 2. The molecule has 6 heteroatoms. The van der Waals surface area contributed by atoms with E-state index in [1.54, 1.807) is 0 Å². The van der Waals surface area contributed by atoms with E-state index in [1.807, 2.05) is 0 Å². The van der Waals surface area contributed by atoms with Crippen LogP contribution in [0.1, 0.15) is 38.5 Å². The first-order chi connectivity index (χ1) is 9.62.